The van der Waals surface area contributed by atoms with Gasteiger partial charge in [0.2, 0.25) is 0 Å². The number of alkyl carbamates (subject to hydrolysis) is 1. The number of aliphatic hydroxyl groups is 2. The summed E-state index contributed by atoms with van der Waals surface area (Å²) in [6, 6.07) is 16.0. The van der Waals surface area contributed by atoms with Gasteiger partial charge in [0.1, 0.15) is 18.8 Å². The Kier molecular flexibility index (Phi) is 6.43. The van der Waals surface area contributed by atoms with Crippen LogP contribution in [0.25, 0.3) is 11.1 Å². The van der Waals surface area contributed by atoms with E-state index >= 15 is 0 Å². The first-order chi connectivity index (χ1) is 15.9. The fourth-order valence-electron chi connectivity index (χ4n) is 4.17. The molecule has 3 aromatic rings. The molecule has 172 valence electrons. The van der Waals surface area contributed by atoms with Gasteiger partial charge in [0.15, 0.2) is 5.69 Å². The number of hydrogen-bond donors (Lipinski definition) is 3. The number of ether oxygens (including phenoxy) is 2. The highest BCUT2D eigenvalue weighted by Crippen LogP contribution is 2.44. The van der Waals surface area contributed by atoms with Crippen LogP contribution in [0.2, 0.25) is 0 Å². The van der Waals surface area contributed by atoms with Crippen LogP contribution < -0.4 is 5.32 Å². The van der Waals surface area contributed by atoms with Gasteiger partial charge in [-0.1, -0.05) is 48.5 Å². The normalized spacial score (nSPS) is 14.2. The zero-order valence-corrected chi connectivity index (χ0v) is 18.3. The van der Waals surface area contributed by atoms with Crippen molar-refractivity contribution in [1.29, 1.82) is 0 Å². The molecular weight excluding hydrogens is 426 g/mol. The maximum absolute atomic E-state index is 12.3. The average molecular weight is 451 g/mol. The first-order valence-corrected chi connectivity index (χ1v) is 10.5. The lowest BCUT2D eigenvalue weighted by atomic mass is 9.98. The molecule has 4 rings (SSSR count). The Morgan fingerprint density at radius 3 is 2.30 bits per heavy atom. The maximum atomic E-state index is 12.3. The van der Waals surface area contributed by atoms with Crippen molar-refractivity contribution in [1.82, 2.24) is 15.1 Å². The summed E-state index contributed by atoms with van der Waals surface area (Å²) in [7, 11) is 2.73. The molecule has 33 heavy (non-hydrogen) atoms. The number of amides is 1. The number of aromatic nitrogens is 2. The smallest absolute Gasteiger partial charge is 0.407 e. The molecule has 2 unspecified atom stereocenters. The summed E-state index contributed by atoms with van der Waals surface area (Å²) in [6.07, 6.45) is -2.30. The molecule has 0 saturated heterocycles. The molecular formula is C24H25N3O6. The van der Waals surface area contributed by atoms with Gasteiger partial charge >= 0.3 is 12.1 Å². The monoisotopic (exact) mass is 451 g/mol. The predicted molar refractivity (Wildman–Crippen MR) is 119 cm³/mol. The number of benzene rings is 2. The van der Waals surface area contributed by atoms with Gasteiger partial charge in [0.05, 0.1) is 13.3 Å². The van der Waals surface area contributed by atoms with E-state index in [9.17, 15) is 19.8 Å². The molecule has 2 aromatic carbocycles. The van der Waals surface area contributed by atoms with Crippen LogP contribution in [0, 0.1) is 0 Å². The number of aliphatic hydroxyl groups excluding tert-OH is 2. The molecule has 3 N–H and O–H groups in total. The van der Waals surface area contributed by atoms with Crippen LogP contribution in [0.5, 0.6) is 0 Å². The van der Waals surface area contributed by atoms with Gasteiger partial charge in [0.25, 0.3) is 0 Å². The second-order valence-electron chi connectivity index (χ2n) is 7.78. The van der Waals surface area contributed by atoms with Gasteiger partial charge < -0.3 is 25.0 Å². The Balaban J connectivity index is 1.36. The molecule has 1 heterocycles. The minimum absolute atomic E-state index is 0.0187. The van der Waals surface area contributed by atoms with E-state index in [-0.39, 0.29) is 30.3 Å². The van der Waals surface area contributed by atoms with Crippen molar-refractivity contribution in [2.45, 2.75) is 18.1 Å². The van der Waals surface area contributed by atoms with Crippen LogP contribution in [0.3, 0.4) is 0 Å². The van der Waals surface area contributed by atoms with Crippen LogP contribution in [-0.2, 0) is 16.5 Å². The summed E-state index contributed by atoms with van der Waals surface area (Å²) in [4.78, 5) is 24.2. The van der Waals surface area contributed by atoms with Crippen molar-refractivity contribution in [2.75, 3.05) is 20.3 Å². The molecule has 9 nitrogen and oxygen atoms in total. The van der Waals surface area contributed by atoms with E-state index < -0.39 is 24.3 Å². The first-order valence-electron chi connectivity index (χ1n) is 10.5. The van der Waals surface area contributed by atoms with Crippen molar-refractivity contribution in [3.05, 3.63) is 77.1 Å². The van der Waals surface area contributed by atoms with Gasteiger partial charge in [0, 0.05) is 25.1 Å². The number of nitrogens with zero attached hydrogens (tertiary/aromatic N) is 2. The fourth-order valence-corrected chi connectivity index (χ4v) is 4.17. The SMILES string of the molecule is COC(=O)c1c(C(O)C(O)CNC(=O)OCC2c3ccccc3-c3ccccc32)cnn1C. The Morgan fingerprint density at radius 1 is 1.09 bits per heavy atom. The summed E-state index contributed by atoms with van der Waals surface area (Å²) in [5, 5.41) is 27.2. The van der Waals surface area contributed by atoms with Crippen LogP contribution >= 0.6 is 0 Å². The highest BCUT2D eigenvalue weighted by atomic mass is 16.5. The molecule has 1 aliphatic rings. The quantitative estimate of drug-likeness (QED) is 0.470. The number of esters is 1. The lowest BCUT2D eigenvalue weighted by molar-refractivity contribution is 0.0171. The zero-order valence-electron chi connectivity index (χ0n) is 18.3. The van der Waals surface area contributed by atoms with Gasteiger partial charge in [-0.3, -0.25) is 4.68 Å². The Bertz CT molecular complexity index is 1130. The second-order valence-corrected chi connectivity index (χ2v) is 7.78. The first kappa shape index (κ1) is 22.5. The van der Waals surface area contributed by atoms with E-state index in [1.807, 2.05) is 48.5 Å². The van der Waals surface area contributed by atoms with Crippen molar-refractivity contribution in [3.63, 3.8) is 0 Å². The zero-order chi connectivity index (χ0) is 23.5. The van der Waals surface area contributed by atoms with Crippen molar-refractivity contribution in [3.8, 4) is 11.1 Å². The molecule has 0 radical (unpaired) electrons. The van der Waals surface area contributed by atoms with E-state index in [2.05, 4.69) is 10.4 Å². The third-order valence-corrected chi connectivity index (χ3v) is 5.83. The van der Waals surface area contributed by atoms with Crippen molar-refractivity contribution in [2.24, 2.45) is 7.05 Å². The van der Waals surface area contributed by atoms with Crippen LogP contribution in [-0.4, -0.2) is 58.4 Å². The van der Waals surface area contributed by atoms with Gasteiger partial charge in [-0.15, -0.1) is 0 Å². The van der Waals surface area contributed by atoms with Gasteiger partial charge in [-0.05, 0) is 22.3 Å². The molecule has 0 aliphatic heterocycles. The van der Waals surface area contributed by atoms with Gasteiger partial charge in [-0.2, -0.15) is 5.10 Å². The number of rotatable bonds is 7. The largest absolute Gasteiger partial charge is 0.464 e. The molecule has 0 saturated carbocycles. The summed E-state index contributed by atoms with van der Waals surface area (Å²) in [5.41, 5.74) is 4.55. The number of hydrogen-bond acceptors (Lipinski definition) is 7. The fraction of sp³-hybridized carbons (Fsp3) is 0.292. The van der Waals surface area contributed by atoms with Crippen molar-refractivity contribution < 1.29 is 29.3 Å². The third-order valence-electron chi connectivity index (χ3n) is 5.83. The molecule has 9 heteroatoms. The molecule has 1 aliphatic carbocycles. The summed E-state index contributed by atoms with van der Waals surface area (Å²) < 4.78 is 11.4. The summed E-state index contributed by atoms with van der Waals surface area (Å²) in [6.45, 7) is -0.152. The second kappa shape index (κ2) is 9.43. The Hall–Kier alpha value is -3.69. The predicted octanol–water partition coefficient (Wildman–Crippen LogP) is 2.14. The molecule has 1 amide bonds. The molecule has 0 bridgehead atoms. The summed E-state index contributed by atoms with van der Waals surface area (Å²) in [5.74, 6) is -0.780. The van der Waals surface area contributed by atoms with Crippen LogP contribution in [0.15, 0.2) is 54.7 Å². The van der Waals surface area contributed by atoms with Crippen LogP contribution in [0.4, 0.5) is 4.79 Å². The van der Waals surface area contributed by atoms with E-state index in [1.54, 1.807) is 0 Å². The van der Waals surface area contributed by atoms with Crippen molar-refractivity contribution >= 4 is 12.1 Å². The lowest BCUT2D eigenvalue weighted by Gasteiger charge is -2.19. The van der Waals surface area contributed by atoms with E-state index in [1.165, 1.54) is 25.0 Å². The number of carbonyl (C=O) groups excluding carboxylic acids is 2. The Labute approximate surface area is 190 Å². The van der Waals surface area contributed by atoms with E-state index in [4.69, 9.17) is 9.47 Å². The molecule has 0 spiro atoms. The highest BCUT2D eigenvalue weighted by molar-refractivity contribution is 5.89. The third kappa shape index (κ3) is 4.33. The lowest BCUT2D eigenvalue weighted by Crippen LogP contribution is -2.36. The van der Waals surface area contributed by atoms with E-state index in [0.717, 1.165) is 22.3 Å². The number of aryl methyl sites for hydroxylation is 1. The Morgan fingerprint density at radius 2 is 1.70 bits per heavy atom. The molecule has 2 atom stereocenters. The topological polar surface area (TPSA) is 123 Å². The van der Waals surface area contributed by atoms with E-state index in [0.29, 0.717) is 0 Å². The standard InChI is InChI=1S/C24H25N3O6/c1-27-21(23(30)32-2)18(11-26-27)22(29)20(28)12-25-24(31)33-13-19-16-9-5-3-7-14(16)15-8-4-6-10-17(15)19/h3-11,19-20,22,28-29H,12-13H2,1-2H3,(H,25,31). The molecule has 1 aromatic heterocycles. The number of fused-ring (bicyclic) bond motifs is 3. The maximum Gasteiger partial charge on any atom is 0.407 e. The number of methoxy groups -OCH3 is 1. The number of nitrogens with one attached hydrogen (secondary N) is 1. The van der Waals surface area contributed by atoms with Gasteiger partial charge in [-0.25, -0.2) is 9.59 Å². The number of carbonyl (C=O) groups is 2. The minimum atomic E-state index is -1.46. The molecule has 0 fully saturated rings. The van der Waals surface area contributed by atoms with Crippen LogP contribution in [0.1, 0.15) is 39.2 Å². The average Bonchev–Trinajstić information content (AvgIpc) is 3.38. The highest BCUT2D eigenvalue weighted by Gasteiger charge is 2.30. The minimum Gasteiger partial charge on any atom is -0.464 e. The summed E-state index contributed by atoms with van der Waals surface area (Å²) >= 11 is 0.